The zero-order valence-electron chi connectivity index (χ0n) is 6.66. The van der Waals surface area contributed by atoms with Crippen LogP contribution >= 0.6 is 11.3 Å². The number of hydrogen-bond donors (Lipinski definition) is 0. The average Bonchev–Trinajstić information content (AvgIpc) is 2.57. The van der Waals surface area contributed by atoms with E-state index >= 15 is 0 Å². The van der Waals surface area contributed by atoms with Gasteiger partial charge >= 0.3 is 5.97 Å². The van der Waals surface area contributed by atoms with Crippen LogP contribution in [-0.2, 0) is 9.53 Å². The van der Waals surface area contributed by atoms with E-state index in [9.17, 15) is 4.79 Å². The Kier molecular flexibility index (Phi) is 3.36. The van der Waals surface area contributed by atoms with Crippen LogP contribution in [0.15, 0.2) is 16.8 Å². The standard InChI is InChI=1S/C9H8O2S/c1-11-9(10)4-2-3-8-5-6-12-7-8/h5-7H,4H2,1H3. The van der Waals surface area contributed by atoms with Crippen LogP contribution in [0.5, 0.6) is 0 Å². The van der Waals surface area contributed by atoms with Crippen molar-refractivity contribution < 1.29 is 9.53 Å². The molecular weight excluding hydrogens is 172 g/mol. The Morgan fingerprint density at radius 2 is 2.58 bits per heavy atom. The summed E-state index contributed by atoms with van der Waals surface area (Å²) in [5, 5.41) is 3.88. The minimum Gasteiger partial charge on any atom is -0.468 e. The second-order valence-electron chi connectivity index (χ2n) is 2.07. The molecule has 1 aromatic rings. The summed E-state index contributed by atoms with van der Waals surface area (Å²) in [5.41, 5.74) is 0.948. The van der Waals surface area contributed by atoms with Crippen molar-refractivity contribution >= 4 is 17.3 Å². The Bertz CT molecular complexity index is 303. The summed E-state index contributed by atoms with van der Waals surface area (Å²) in [6.45, 7) is 0. The third-order valence-electron chi connectivity index (χ3n) is 1.21. The van der Waals surface area contributed by atoms with Gasteiger partial charge in [-0.25, -0.2) is 0 Å². The van der Waals surface area contributed by atoms with Gasteiger partial charge in [0.15, 0.2) is 0 Å². The molecule has 0 aromatic carbocycles. The van der Waals surface area contributed by atoms with Crippen LogP contribution in [-0.4, -0.2) is 13.1 Å². The summed E-state index contributed by atoms with van der Waals surface area (Å²) in [6, 6.07) is 1.91. The lowest BCUT2D eigenvalue weighted by atomic mass is 10.3. The maximum absolute atomic E-state index is 10.6. The molecule has 3 heteroatoms. The molecule has 0 aliphatic heterocycles. The van der Waals surface area contributed by atoms with Crippen LogP contribution < -0.4 is 0 Å². The maximum Gasteiger partial charge on any atom is 0.317 e. The largest absolute Gasteiger partial charge is 0.468 e. The molecule has 0 spiro atoms. The molecule has 1 rings (SSSR count). The van der Waals surface area contributed by atoms with Crippen molar-refractivity contribution in [2.45, 2.75) is 6.42 Å². The summed E-state index contributed by atoms with van der Waals surface area (Å²) in [6.07, 6.45) is 0.159. The quantitative estimate of drug-likeness (QED) is 0.485. The maximum atomic E-state index is 10.6. The van der Waals surface area contributed by atoms with Crippen LogP contribution in [0.2, 0.25) is 0 Å². The number of carbonyl (C=O) groups is 1. The zero-order chi connectivity index (χ0) is 8.81. The molecule has 0 saturated carbocycles. The van der Waals surface area contributed by atoms with Crippen molar-refractivity contribution in [1.29, 1.82) is 0 Å². The van der Waals surface area contributed by atoms with Gasteiger partial charge in [0.1, 0.15) is 6.42 Å². The van der Waals surface area contributed by atoms with E-state index in [1.165, 1.54) is 7.11 Å². The molecule has 0 aliphatic rings. The van der Waals surface area contributed by atoms with E-state index in [0.29, 0.717) is 0 Å². The van der Waals surface area contributed by atoms with Gasteiger partial charge in [-0.2, -0.15) is 11.3 Å². The molecule has 0 atom stereocenters. The molecular formula is C9H8O2S. The Morgan fingerprint density at radius 1 is 1.75 bits per heavy atom. The van der Waals surface area contributed by atoms with Crippen LogP contribution in [0.25, 0.3) is 0 Å². The average molecular weight is 180 g/mol. The van der Waals surface area contributed by atoms with Crippen molar-refractivity contribution in [3.8, 4) is 11.8 Å². The highest BCUT2D eigenvalue weighted by Crippen LogP contribution is 2.03. The first-order valence-electron chi connectivity index (χ1n) is 3.41. The van der Waals surface area contributed by atoms with Gasteiger partial charge in [0.05, 0.1) is 7.11 Å². The highest BCUT2D eigenvalue weighted by atomic mass is 32.1. The number of rotatable bonds is 1. The molecule has 0 bridgehead atoms. The fraction of sp³-hybridized carbons (Fsp3) is 0.222. The fourth-order valence-corrected chi connectivity index (χ4v) is 1.21. The molecule has 62 valence electrons. The van der Waals surface area contributed by atoms with Crippen molar-refractivity contribution in [2.75, 3.05) is 7.11 Å². The predicted octanol–water partition coefficient (Wildman–Crippen LogP) is 1.66. The number of carbonyl (C=O) groups excluding carboxylic acids is 1. The first-order valence-corrected chi connectivity index (χ1v) is 4.35. The van der Waals surface area contributed by atoms with Gasteiger partial charge < -0.3 is 4.74 Å². The third-order valence-corrected chi connectivity index (χ3v) is 1.90. The molecule has 0 fully saturated rings. The Hall–Kier alpha value is -1.27. The van der Waals surface area contributed by atoms with Crippen LogP contribution in [0, 0.1) is 11.8 Å². The van der Waals surface area contributed by atoms with Crippen molar-refractivity contribution in [3.05, 3.63) is 22.4 Å². The van der Waals surface area contributed by atoms with Gasteiger partial charge in [-0.1, -0.05) is 11.8 Å². The summed E-state index contributed by atoms with van der Waals surface area (Å²) >= 11 is 1.59. The number of methoxy groups -OCH3 is 1. The van der Waals surface area contributed by atoms with E-state index in [1.54, 1.807) is 11.3 Å². The van der Waals surface area contributed by atoms with Crippen molar-refractivity contribution in [1.82, 2.24) is 0 Å². The third kappa shape index (κ3) is 2.77. The van der Waals surface area contributed by atoms with E-state index in [0.717, 1.165) is 5.56 Å². The summed E-state index contributed by atoms with van der Waals surface area (Å²) in [4.78, 5) is 10.6. The number of esters is 1. The minimum atomic E-state index is -0.294. The molecule has 1 heterocycles. The van der Waals surface area contributed by atoms with Crippen LogP contribution in [0.4, 0.5) is 0 Å². The zero-order valence-corrected chi connectivity index (χ0v) is 7.48. The second-order valence-corrected chi connectivity index (χ2v) is 2.85. The van der Waals surface area contributed by atoms with E-state index in [4.69, 9.17) is 0 Å². The number of thiophene rings is 1. The van der Waals surface area contributed by atoms with E-state index in [2.05, 4.69) is 16.6 Å². The van der Waals surface area contributed by atoms with Crippen LogP contribution in [0.1, 0.15) is 12.0 Å². The van der Waals surface area contributed by atoms with Crippen molar-refractivity contribution in [2.24, 2.45) is 0 Å². The Balaban J connectivity index is 2.45. The van der Waals surface area contributed by atoms with Crippen LogP contribution in [0.3, 0.4) is 0 Å². The Labute approximate surface area is 75.2 Å². The van der Waals surface area contributed by atoms with Gasteiger partial charge in [-0.15, -0.1) is 0 Å². The van der Waals surface area contributed by atoms with Crippen molar-refractivity contribution in [3.63, 3.8) is 0 Å². The minimum absolute atomic E-state index is 0.159. The lowest BCUT2D eigenvalue weighted by molar-refractivity contribution is -0.139. The molecule has 0 amide bonds. The smallest absolute Gasteiger partial charge is 0.317 e. The summed E-state index contributed by atoms with van der Waals surface area (Å²) in [7, 11) is 1.36. The summed E-state index contributed by atoms with van der Waals surface area (Å²) in [5.74, 6) is 5.28. The molecule has 2 nitrogen and oxygen atoms in total. The second kappa shape index (κ2) is 4.58. The van der Waals surface area contributed by atoms with Gasteiger partial charge in [0.25, 0.3) is 0 Å². The van der Waals surface area contributed by atoms with Gasteiger partial charge in [0.2, 0.25) is 0 Å². The summed E-state index contributed by atoms with van der Waals surface area (Å²) < 4.78 is 4.43. The molecule has 0 aliphatic carbocycles. The number of hydrogen-bond acceptors (Lipinski definition) is 3. The SMILES string of the molecule is COC(=O)CC#Cc1ccsc1. The monoisotopic (exact) mass is 180 g/mol. The molecule has 12 heavy (non-hydrogen) atoms. The van der Waals surface area contributed by atoms with E-state index in [-0.39, 0.29) is 12.4 Å². The van der Waals surface area contributed by atoms with Gasteiger partial charge in [0, 0.05) is 10.9 Å². The molecule has 0 saturated heterocycles. The molecule has 0 radical (unpaired) electrons. The lowest BCUT2D eigenvalue weighted by Gasteiger charge is -1.88. The Morgan fingerprint density at radius 3 is 3.17 bits per heavy atom. The van der Waals surface area contributed by atoms with E-state index in [1.807, 2.05) is 16.8 Å². The first-order chi connectivity index (χ1) is 5.83. The topological polar surface area (TPSA) is 26.3 Å². The van der Waals surface area contributed by atoms with Gasteiger partial charge in [-0.05, 0) is 11.4 Å². The number of ether oxygens (including phenoxy) is 1. The predicted molar refractivity (Wildman–Crippen MR) is 47.8 cm³/mol. The molecule has 0 unspecified atom stereocenters. The normalized spacial score (nSPS) is 8.42. The highest BCUT2D eigenvalue weighted by molar-refractivity contribution is 7.08. The van der Waals surface area contributed by atoms with Gasteiger partial charge in [-0.3, -0.25) is 4.79 Å². The first kappa shape index (κ1) is 8.82. The van der Waals surface area contributed by atoms with E-state index < -0.39 is 0 Å². The molecule has 1 aromatic heterocycles. The highest BCUT2D eigenvalue weighted by Gasteiger charge is 1.93. The lowest BCUT2D eigenvalue weighted by Crippen LogP contribution is -1.96. The molecule has 0 N–H and O–H groups in total. The fourth-order valence-electron chi connectivity index (χ4n) is 0.626.